The van der Waals surface area contributed by atoms with Gasteiger partial charge in [-0.25, -0.2) is 0 Å². The molecule has 0 amide bonds. The third-order valence-corrected chi connectivity index (χ3v) is 5.75. The summed E-state index contributed by atoms with van der Waals surface area (Å²) in [5.41, 5.74) is 6.76. The largest absolute Gasteiger partial charge is 0.399 e. The predicted octanol–water partition coefficient (Wildman–Crippen LogP) is 2.74. The van der Waals surface area contributed by atoms with Crippen LogP contribution in [0.3, 0.4) is 0 Å². The fourth-order valence-electron chi connectivity index (χ4n) is 2.48. The van der Waals surface area contributed by atoms with E-state index in [4.69, 9.17) is 9.92 Å². The minimum Gasteiger partial charge on any atom is -0.399 e. The molecule has 136 valence electrons. The van der Waals surface area contributed by atoms with Gasteiger partial charge < -0.3 is 9.92 Å². The summed E-state index contributed by atoms with van der Waals surface area (Å²) in [7, 11) is -8.78. The molecule has 26 heavy (non-hydrogen) atoms. The summed E-state index contributed by atoms with van der Waals surface area (Å²) in [6.07, 6.45) is 0. The van der Waals surface area contributed by atoms with Crippen molar-refractivity contribution in [3.05, 3.63) is 60.2 Å². The van der Waals surface area contributed by atoms with Crippen LogP contribution in [-0.4, -0.2) is 21.4 Å². The zero-order valence-electron chi connectivity index (χ0n) is 13.6. The lowest BCUT2D eigenvalue weighted by Crippen LogP contribution is -2.11. The van der Waals surface area contributed by atoms with E-state index in [-0.39, 0.29) is 10.6 Å². The first-order valence-corrected chi connectivity index (χ1v) is 10.2. The molecule has 0 atom stereocenters. The molecule has 0 aliphatic carbocycles. The second-order valence-electron chi connectivity index (χ2n) is 5.73. The number of hydrogen-bond acceptors (Lipinski definition) is 6. The van der Waals surface area contributed by atoms with Crippen LogP contribution in [-0.2, 0) is 20.2 Å². The molecule has 7 nitrogen and oxygen atoms in total. The molecule has 0 fully saturated rings. The van der Waals surface area contributed by atoms with E-state index >= 15 is 0 Å². The van der Waals surface area contributed by atoms with Crippen LogP contribution in [0.5, 0.6) is 5.75 Å². The third-order valence-electron chi connectivity index (χ3n) is 3.69. The molecule has 0 aliphatic rings. The van der Waals surface area contributed by atoms with E-state index in [9.17, 15) is 21.4 Å². The van der Waals surface area contributed by atoms with Crippen LogP contribution >= 0.6 is 0 Å². The average Bonchev–Trinajstić information content (AvgIpc) is 2.53. The van der Waals surface area contributed by atoms with Gasteiger partial charge in [-0.2, -0.15) is 16.8 Å². The summed E-state index contributed by atoms with van der Waals surface area (Å²) in [4.78, 5) is -0.566. The second-order valence-corrected chi connectivity index (χ2v) is 8.70. The highest BCUT2D eigenvalue weighted by atomic mass is 32.2. The molecule has 0 aromatic heterocycles. The Labute approximate surface area is 150 Å². The Morgan fingerprint density at radius 1 is 0.923 bits per heavy atom. The lowest BCUT2D eigenvalue weighted by molar-refractivity contribution is 0.477. The number of benzene rings is 3. The van der Waals surface area contributed by atoms with Gasteiger partial charge in [-0.3, -0.25) is 4.55 Å². The first-order valence-electron chi connectivity index (χ1n) is 7.38. The number of rotatable bonds is 4. The monoisotopic (exact) mass is 393 g/mol. The second kappa shape index (κ2) is 6.27. The van der Waals surface area contributed by atoms with Gasteiger partial charge >= 0.3 is 10.1 Å². The molecule has 0 aliphatic heterocycles. The molecule has 9 heteroatoms. The Kier molecular flexibility index (Phi) is 4.39. The molecule has 0 unspecified atom stereocenters. The predicted molar refractivity (Wildman–Crippen MR) is 97.2 cm³/mol. The van der Waals surface area contributed by atoms with Crippen molar-refractivity contribution in [3.8, 4) is 5.75 Å². The van der Waals surface area contributed by atoms with Gasteiger partial charge in [0.25, 0.3) is 10.1 Å². The van der Waals surface area contributed by atoms with E-state index in [1.165, 1.54) is 36.4 Å². The lowest BCUT2D eigenvalue weighted by Gasteiger charge is -2.12. The van der Waals surface area contributed by atoms with Gasteiger partial charge in [-0.15, -0.1) is 0 Å². The molecule has 0 bridgehead atoms. The fourth-order valence-corrected chi connectivity index (χ4v) is 4.06. The van der Waals surface area contributed by atoms with E-state index in [0.29, 0.717) is 16.5 Å². The van der Waals surface area contributed by atoms with Crippen LogP contribution in [0.1, 0.15) is 5.56 Å². The molecule has 0 radical (unpaired) electrons. The summed E-state index contributed by atoms with van der Waals surface area (Å²) >= 11 is 0. The van der Waals surface area contributed by atoms with E-state index in [1.807, 2.05) is 0 Å². The van der Waals surface area contributed by atoms with Gasteiger partial charge in [-0.05, 0) is 54.3 Å². The Hall–Kier alpha value is -2.62. The smallest absolute Gasteiger partial charge is 0.339 e. The Bertz CT molecular complexity index is 1220. The number of nitrogen functional groups attached to an aromatic ring is 1. The first kappa shape index (κ1) is 18.2. The zero-order valence-corrected chi connectivity index (χ0v) is 15.2. The third kappa shape index (κ3) is 3.64. The van der Waals surface area contributed by atoms with Crippen molar-refractivity contribution in [3.63, 3.8) is 0 Å². The fraction of sp³-hybridized carbons (Fsp3) is 0.0588. The van der Waals surface area contributed by atoms with Gasteiger partial charge in [-0.1, -0.05) is 12.1 Å². The minimum absolute atomic E-state index is 0.0710. The van der Waals surface area contributed by atoms with Crippen LogP contribution < -0.4 is 9.92 Å². The molecule has 3 N–H and O–H groups in total. The lowest BCUT2D eigenvalue weighted by atomic mass is 10.1. The maximum absolute atomic E-state index is 12.6. The average molecular weight is 393 g/mol. The Morgan fingerprint density at radius 2 is 1.65 bits per heavy atom. The molecular weight excluding hydrogens is 378 g/mol. The van der Waals surface area contributed by atoms with Gasteiger partial charge in [0, 0.05) is 17.1 Å². The van der Waals surface area contributed by atoms with E-state index in [0.717, 1.165) is 11.6 Å². The molecule has 3 aromatic rings. The van der Waals surface area contributed by atoms with Gasteiger partial charge in [0.2, 0.25) is 0 Å². The number of hydrogen-bond donors (Lipinski definition) is 2. The van der Waals surface area contributed by atoms with Crippen molar-refractivity contribution in [1.82, 2.24) is 0 Å². The standard InChI is InChI=1S/C17H15NO6S2/c1-11-3-2-4-14(7-11)26(22,23)24-17-10-15(25(19,20)21)9-12-8-13(18)5-6-16(12)17/h2-10H,18H2,1H3,(H,19,20,21). The van der Waals surface area contributed by atoms with Crippen molar-refractivity contribution < 1.29 is 25.6 Å². The molecule has 0 heterocycles. The van der Waals surface area contributed by atoms with Crippen LogP contribution in [0, 0.1) is 6.92 Å². The van der Waals surface area contributed by atoms with Gasteiger partial charge in [0.1, 0.15) is 4.90 Å². The molecule has 3 rings (SSSR count). The highest BCUT2D eigenvalue weighted by molar-refractivity contribution is 7.87. The summed E-state index contributed by atoms with van der Waals surface area (Å²) in [5, 5.41) is 0.650. The normalized spacial score (nSPS) is 12.2. The summed E-state index contributed by atoms with van der Waals surface area (Å²) in [6.45, 7) is 1.73. The van der Waals surface area contributed by atoms with E-state index in [1.54, 1.807) is 19.1 Å². The number of anilines is 1. The maximum Gasteiger partial charge on any atom is 0.339 e. The van der Waals surface area contributed by atoms with Crippen LogP contribution in [0.2, 0.25) is 0 Å². The Balaban J connectivity index is 2.20. The van der Waals surface area contributed by atoms with Crippen LogP contribution in [0.15, 0.2) is 64.4 Å². The molecular formula is C17H15NO6S2. The highest BCUT2D eigenvalue weighted by Crippen LogP contribution is 2.33. The summed E-state index contributed by atoms with van der Waals surface area (Å²) in [5.74, 6) is -0.225. The minimum atomic E-state index is -4.57. The van der Waals surface area contributed by atoms with Crippen molar-refractivity contribution in [1.29, 1.82) is 0 Å². The Morgan fingerprint density at radius 3 is 2.31 bits per heavy atom. The van der Waals surface area contributed by atoms with Gasteiger partial charge in [0.05, 0.1) is 4.90 Å². The highest BCUT2D eigenvalue weighted by Gasteiger charge is 2.21. The molecule has 0 saturated carbocycles. The molecule has 0 saturated heterocycles. The van der Waals surface area contributed by atoms with Crippen LogP contribution in [0.4, 0.5) is 5.69 Å². The SMILES string of the molecule is Cc1cccc(S(=O)(=O)Oc2cc(S(=O)(=O)O)cc3cc(N)ccc23)c1. The van der Waals surface area contributed by atoms with Crippen molar-refractivity contribution in [2.45, 2.75) is 16.7 Å². The maximum atomic E-state index is 12.6. The number of aryl methyl sites for hydroxylation is 1. The number of fused-ring (bicyclic) bond motifs is 1. The molecule has 0 spiro atoms. The van der Waals surface area contributed by atoms with Crippen molar-refractivity contribution in [2.24, 2.45) is 0 Å². The van der Waals surface area contributed by atoms with E-state index < -0.39 is 25.1 Å². The van der Waals surface area contributed by atoms with Crippen molar-refractivity contribution >= 4 is 36.7 Å². The van der Waals surface area contributed by atoms with Crippen LogP contribution in [0.25, 0.3) is 10.8 Å². The topological polar surface area (TPSA) is 124 Å². The first-order chi connectivity index (χ1) is 12.1. The molecule has 3 aromatic carbocycles. The number of nitrogens with two attached hydrogens (primary N) is 1. The summed E-state index contributed by atoms with van der Waals surface area (Å²) in [6, 6.07) is 12.7. The zero-order chi connectivity index (χ0) is 19.1. The van der Waals surface area contributed by atoms with E-state index in [2.05, 4.69) is 0 Å². The summed E-state index contributed by atoms with van der Waals surface area (Å²) < 4.78 is 62.7. The van der Waals surface area contributed by atoms with Gasteiger partial charge in [0.15, 0.2) is 5.75 Å². The quantitative estimate of drug-likeness (QED) is 0.397. The van der Waals surface area contributed by atoms with Crippen molar-refractivity contribution in [2.75, 3.05) is 5.73 Å².